The molecule has 13 heavy (non-hydrogen) atoms. The number of thiol groups is 1. The van der Waals surface area contributed by atoms with E-state index in [2.05, 4.69) is 32.8 Å². The second kappa shape index (κ2) is 3.57. The zero-order chi connectivity index (χ0) is 9.10. The van der Waals surface area contributed by atoms with Crippen molar-refractivity contribution in [2.24, 2.45) is 0 Å². The van der Waals surface area contributed by atoms with Gasteiger partial charge in [0.1, 0.15) is 11.5 Å². The molecule has 0 radical (unpaired) electrons. The van der Waals surface area contributed by atoms with Crippen molar-refractivity contribution in [3.8, 4) is 11.5 Å². The van der Waals surface area contributed by atoms with Gasteiger partial charge in [-0.3, -0.25) is 10.1 Å². The Labute approximate surface area is 80.8 Å². The standard InChI is InChI=1S/C8H8N4S/c13-5-7-10-8(12-11-7)6-3-1-2-4-9-6/h1-4,13H,5H2,(H,10,11,12). The Morgan fingerprint density at radius 3 is 2.92 bits per heavy atom. The monoisotopic (exact) mass is 192 g/mol. The first kappa shape index (κ1) is 8.25. The summed E-state index contributed by atoms with van der Waals surface area (Å²) in [7, 11) is 0. The molecule has 0 aromatic carbocycles. The van der Waals surface area contributed by atoms with Gasteiger partial charge in [0.25, 0.3) is 0 Å². The minimum atomic E-state index is 0.555. The molecule has 4 nitrogen and oxygen atoms in total. The first-order chi connectivity index (χ1) is 6.40. The van der Waals surface area contributed by atoms with Crippen LogP contribution in [0.15, 0.2) is 24.4 Å². The molecule has 0 aliphatic carbocycles. The van der Waals surface area contributed by atoms with Gasteiger partial charge in [-0.2, -0.15) is 17.7 Å². The first-order valence-electron chi connectivity index (χ1n) is 3.83. The van der Waals surface area contributed by atoms with Crippen LogP contribution in [0.1, 0.15) is 5.82 Å². The number of aromatic amines is 1. The summed E-state index contributed by atoms with van der Waals surface area (Å²) in [5, 5.41) is 6.79. The van der Waals surface area contributed by atoms with Gasteiger partial charge in [0, 0.05) is 6.20 Å². The van der Waals surface area contributed by atoms with Gasteiger partial charge in [0.2, 0.25) is 0 Å². The van der Waals surface area contributed by atoms with Crippen molar-refractivity contribution in [1.82, 2.24) is 20.2 Å². The van der Waals surface area contributed by atoms with Crippen LogP contribution >= 0.6 is 12.6 Å². The molecule has 0 saturated heterocycles. The van der Waals surface area contributed by atoms with Gasteiger partial charge < -0.3 is 0 Å². The summed E-state index contributed by atoms with van der Waals surface area (Å²) in [4.78, 5) is 8.32. The van der Waals surface area contributed by atoms with Crippen molar-refractivity contribution < 1.29 is 0 Å². The van der Waals surface area contributed by atoms with E-state index in [-0.39, 0.29) is 0 Å². The molecule has 66 valence electrons. The van der Waals surface area contributed by atoms with Crippen LogP contribution in [0.4, 0.5) is 0 Å². The van der Waals surface area contributed by atoms with E-state index >= 15 is 0 Å². The highest BCUT2D eigenvalue weighted by Gasteiger charge is 2.04. The van der Waals surface area contributed by atoms with Gasteiger partial charge in [-0.25, -0.2) is 4.98 Å². The summed E-state index contributed by atoms with van der Waals surface area (Å²) in [5.41, 5.74) is 0.770. The smallest absolute Gasteiger partial charge is 0.199 e. The van der Waals surface area contributed by atoms with E-state index in [0.29, 0.717) is 11.6 Å². The van der Waals surface area contributed by atoms with Crippen molar-refractivity contribution in [3.63, 3.8) is 0 Å². The van der Waals surface area contributed by atoms with Crippen LogP contribution in [0.3, 0.4) is 0 Å². The molecule has 1 N–H and O–H groups in total. The van der Waals surface area contributed by atoms with Gasteiger partial charge in [-0.05, 0) is 12.1 Å². The lowest BCUT2D eigenvalue weighted by molar-refractivity contribution is 1.03. The summed E-state index contributed by atoms with van der Waals surface area (Å²) in [6, 6.07) is 5.63. The van der Waals surface area contributed by atoms with Crippen molar-refractivity contribution in [2.45, 2.75) is 5.75 Å². The van der Waals surface area contributed by atoms with Crippen LogP contribution in [-0.2, 0) is 5.75 Å². The molecule has 2 aromatic heterocycles. The van der Waals surface area contributed by atoms with Crippen LogP contribution in [0.2, 0.25) is 0 Å². The lowest BCUT2D eigenvalue weighted by Gasteiger charge is -1.90. The van der Waals surface area contributed by atoms with Gasteiger partial charge in [-0.15, -0.1) is 0 Å². The molecule has 2 aromatic rings. The highest BCUT2D eigenvalue weighted by Crippen LogP contribution is 2.10. The molecule has 2 heterocycles. The Morgan fingerprint density at radius 2 is 2.31 bits per heavy atom. The highest BCUT2D eigenvalue weighted by atomic mass is 32.1. The van der Waals surface area contributed by atoms with Crippen molar-refractivity contribution >= 4 is 12.6 Å². The maximum absolute atomic E-state index is 4.19. The van der Waals surface area contributed by atoms with E-state index in [9.17, 15) is 0 Å². The summed E-state index contributed by atoms with van der Waals surface area (Å²) >= 11 is 4.08. The molecule has 0 fully saturated rings. The Kier molecular flexibility index (Phi) is 2.27. The fourth-order valence-corrected chi connectivity index (χ4v) is 1.12. The third-order valence-electron chi connectivity index (χ3n) is 1.58. The predicted molar refractivity (Wildman–Crippen MR) is 52.3 cm³/mol. The maximum atomic E-state index is 4.19. The summed E-state index contributed by atoms with van der Waals surface area (Å²) in [6.07, 6.45) is 1.71. The average molecular weight is 192 g/mol. The number of pyridine rings is 1. The Hall–Kier alpha value is -1.36. The maximum Gasteiger partial charge on any atom is 0.199 e. The molecule has 0 bridgehead atoms. The SMILES string of the molecule is SCc1nc(-c2ccccn2)n[nH]1. The van der Waals surface area contributed by atoms with Crippen LogP contribution in [0.25, 0.3) is 11.5 Å². The van der Waals surface area contributed by atoms with Crippen molar-refractivity contribution in [1.29, 1.82) is 0 Å². The third-order valence-corrected chi connectivity index (χ3v) is 1.88. The highest BCUT2D eigenvalue weighted by molar-refractivity contribution is 7.79. The van der Waals surface area contributed by atoms with E-state index in [4.69, 9.17) is 0 Å². The third kappa shape index (κ3) is 1.70. The first-order valence-corrected chi connectivity index (χ1v) is 4.47. The average Bonchev–Trinajstić information content (AvgIpc) is 2.67. The summed E-state index contributed by atoms with van der Waals surface area (Å²) < 4.78 is 0. The molecule has 0 spiro atoms. The largest absolute Gasteiger partial charge is 0.262 e. The molecule has 2 rings (SSSR count). The fraction of sp³-hybridized carbons (Fsp3) is 0.125. The second-order valence-corrected chi connectivity index (χ2v) is 2.80. The molecule has 0 amide bonds. The lowest BCUT2D eigenvalue weighted by atomic mass is 10.3. The van der Waals surface area contributed by atoms with Gasteiger partial charge in [-0.1, -0.05) is 6.07 Å². The van der Waals surface area contributed by atoms with Crippen LogP contribution in [0, 0.1) is 0 Å². The molecule has 5 heteroatoms. The minimum Gasteiger partial charge on any atom is -0.262 e. The predicted octanol–water partition coefficient (Wildman–Crippen LogP) is 1.30. The topological polar surface area (TPSA) is 54.5 Å². The molecule has 0 unspecified atom stereocenters. The molecule has 0 saturated carbocycles. The summed E-state index contributed by atoms with van der Waals surface area (Å²) in [6.45, 7) is 0. The van der Waals surface area contributed by atoms with Gasteiger partial charge >= 0.3 is 0 Å². The number of nitrogens with one attached hydrogen (secondary N) is 1. The number of nitrogens with zero attached hydrogens (tertiary/aromatic N) is 3. The fourth-order valence-electron chi connectivity index (χ4n) is 0.976. The molecule has 0 aliphatic rings. The molecular weight excluding hydrogens is 184 g/mol. The number of H-pyrrole nitrogens is 1. The second-order valence-electron chi connectivity index (χ2n) is 2.48. The zero-order valence-corrected chi connectivity index (χ0v) is 7.70. The van der Waals surface area contributed by atoms with Crippen LogP contribution in [0.5, 0.6) is 0 Å². The van der Waals surface area contributed by atoms with E-state index in [0.717, 1.165) is 11.5 Å². The number of aromatic nitrogens is 4. The quantitative estimate of drug-likeness (QED) is 0.705. The van der Waals surface area contributed by atoms with Gasteiger partial charge in [0.15, 0.2) is 5.82 Å². The minimum absolute atomic E-state index is 0.555. The van der Waals surface area contributed by atoms with E-state index in [1.165, 1.54) is 0 Å². The molecule has 0 atom stereocenters. The molecular formula is C8H8N4S. The van der Waals surface area contributed by atoms with E-state index < -0.39 is 0 Å². The zero-order valence-electron chi connectivity index (χ0n) is 6.81. The number of hydrogen-bond acceptors (Lipinski definition) is 4. The Balaban J connectivity index is 2.36. The van der Waals surface area contributed by atoms with E-state index in [1.807, 2.05) is 18.2 Å². The van der Waals surface area contributed by atoms with Crippen molar-refractivity contribution in [2.75, 3.05) is 0 Å². The van der Waals surface area contributed by atoms with Gasteiger partial charge in [0.05, 0.1) is 5.75 Å². The number of rotatable bonds is 2. The van der Waals surface area contributed by atoms with E-state index in [1.54, 1.807) is 6.20 Å². The summed E-state index contributed by atoms with van der Waals surface area (Å²) in [5.74, 6) is 1.92. The van der Waals surface area contributed by atoms with Crippen molar-refractivity contribution in [3.05, 3.63) is 30.2 Å². The van der Waals surface area contributed by atoms with Crippen LogP contribution in [-0.4, -0.2) is 20.2 Å². The number of hydrogen-bond donors (Lipinski definition) is 2. The Bertz CT molecular complexity index is 384. The normalized spacial score (nSPS) is 10.2. The van der Waals surface area contributed by atoms with Crippen LogP contribution < -0.4 is 0 Å². The molecule has 0 aliphatic heterocycles. The Morgan fingerprint density at radius 1 is 1.38 bits per heavy atom. The lowest BCUT2D eigenvalue weighted by Crippen LogP contribution is -1.84.